The zero-order chi connectivity index (χ0) is 14.0. The van der Waals surface area contributed by atoms with Gasteiger partial charge in [-0.25, -0.2) is 8.78 Å². The van der Waals surface area contributed by atoms with E-state index in [0.29, 0.717) is 17.8 Å². The number of nitrogen functional groups attached to an aromatic ring is 1. The minimum atomic E-state index is -0.323. The van der Waals surface area contributed by atoms with E-state index in [1.807, 2.05) is 11.8 Å². The van der Waals surface area contributed by atoms with Gasteiger partial charge in [0, 0.05) is 12.2 Å². The minimum absolute atomic E-state index is 0.289. The molecule has 0 aromatic heterocycles. The van der Waals surface area contributed by atoms with Gasteiger partial charge in [-0.2, -0.15) is 0 Å². The molecule has 2 N–H and O–H groups in total. The van der Waals surface area contributed by atoms with Crippen LogP contribution in [-0.4, -0.2) is 6.54 Å². The van der Waals surface area contributed by atoms with Crippen LogP contribution in [0.2, 0.25) is 0 Å². The molecule has 2 aromatic carbocycles. The summed E-state index contributed by atoms with van der Waals surface area (Å²) in [5.74, 6) is -0.612. The summed E-state index contributed by atoms with van der Waals surface area (Å²) in [5, 5.41) is 0. The van der Waals surface area contributed by atoms with Gasteiger partial charge in [-0.1, -0.05) is 0 Å². The van der Waals surface area contributed by atoms with E-state index in [2.05, 4.69) is 0 Å². The van der Waals surface area contributed by atoms with E-state index in [1.165, 1.54) is 18.2 Å². The molecule has 0 saturated carbocycles. The molecule has 0 unspecified atom stereocenters. The molecule has 0 aliphatic heterocycles. The molecule has 19 heavy (non-hydrogen) atoms. The van der Waals surface area contributed by atoms with Crippen LogP contribution in [0.1, 0.15) is 12.5 Å². The van der Waals surface area contributed by atoms with E-state index in [4.69, 9.17) is 5.73 Å². The van der Waals surface area contributed by atoms with Crippen LogP contribution in [0.15, 0.2) is 36.4 Å². The summed E-state index contributed by atoms with van der Waals surface area (Å²) < 4.78 is 26.4. The zero-order valence-electron chi connectivity index (χ0n) is 11.0. The Balaban J connectivity index is 2.47. The Morgan fingerprint density at radius 2 is 1.74 bits per heavy atom. The van der Waals surface area contributed by atoms with Gasteiger partial charge in [0.2, 0.25) is 0 Å². The maximum atomic E-state index is 13.4. The van der Waals surface area contributed by atoms with Crippen LogP contribution in [-0.2, 0) is 0 Å². The molecule has 4 heteroatoms. The SMILES string of the molecule is CCN(c1ccc(F)cc1)c1cc(C)c(F)cc1N. The Labute approximate surface area is 111 Å². The average molecular weight is 262 g/mol. The molecule has 0 spiro atoms. The van der Waals surface area contributed by atoms with E-state index in [0.717, 1.165) is 11.4 Å². The highest BCUT2D eigenvalue weighted by molar-refractivity contribution is 5.75. The van der Waals surface area contributed by atoms with Crippen LogP contribution < -0.4 is 10.6 Å². The lowest BCUT2D eigenvalue weighted by Gasteiger charge is -2.25. The van der Waals surface area contributed by atoms with Crippen molar-refractivity contribution in [1.29, 1.82) is 0 Å². The van der Waals surface area contributed by atoms with Crippen molar-refractivity contribution in [2.45, 2.75) is 13.8 Å². The highest BCUT2D eigenvalue weighted by atomic mass is 19.1. The maximum Gasteiger partial charge on any atom is 0.128 e. The number of nitrogens with two attached hydrogens (primary N) is 1. The van der Waals surface area contributed by atoms with Crippen LogP contribution in [0.4, 0.5) is 25.8 Å². The molecule has 0 amide bonds. The predicted octanol–water partition coefficient (Wildman–Crippen LogP) is 4.01. The molecular formula is C15H16F2N2. The summed E-state index contributed by atoms with van der Waals surface area (Å²) in [5.41, 5.74) is 8.33. The standard InChI is InChI=1S/C15H16F2N2/c1-3-19(12-6-4-11(16)5-7-12)15-8-10(2)13(17)9-14(15)18/h4-9H,3,18H2,1-2H3. The fraction of sp³-hybridized carbons (Fsp3) is 0.200. The number of benzene rings is 2. The summed E-state index contributed by atoms with van der Waals surface area (Å²) in [6, 6.07) is 9.16. The smallest absolute Gasteiger partial charge is 0.128 e. The van der Waals surface area contributed by atoms with Crippen LogP contribution in [0.5, 0.6) is 0 Å². The minimum Gasteiger partial charge on any atom is -0.397 e. The monoisotopic (exact) mass is 262 g/mol. The fourth-order valence-electron chi connectivity index (χ4n) is 2.03. The van der Waals surface area contributed by atoms with Crippen molar-refractivity contribution in [2.24, 2.45) is 0 Å². The molecule has 100 valence electrons. The van der Waals surface area contributed by atoms with Crippen molar-refractivity contribution in [2.75, 3.05) is 17.2 Å². The quantitative estimate of drug-likeness (QED) is 0.847. The number of rotatable bonds is 3. The summed E-state index contributed by atoms with van der Waals surface area (Å²) in [6.07, 6.45) is 0. The summed E-state index contributed by atoms with van der Waals surface area (Å²) in [6.45, 7) is 4.30. The van der Waals surface area contributed by atoms with Crippen LogP contribution in [0, 0.1) is 18.6 Å². The predicted molar refractivity (Wildman–Crippen MR) is 74.6 cm³/mol. The number of hydrogen-bond donors (Lipinski definition) is 1. The van der Waals surface area contributed by atoms with Crippen molar-refractivity contribution in [1.82, 2.24) is 0 Å². The molecule has 0 fully saturated rings. The summed E-state index contributed by atoms with van der Waals surface area (Å²) in [4.78, 5) is 1.92. The molecule has 2 rings (SSSR count). The number of hydrogen-bond acceptors (Lipinski definition) is 2. The van der Waals surface area contributed by atoms with E-state index in [1.54, 1.807) is 25.1 Å². The van der Waals surface area contributed by atoms with E-state index < -0.39 is 0 Å². The van der Waals surface area contributed by atoms with Gasteiger partial charge < -0.3 is 10.6 Å². The van der Waals surface area contributed by atoms with Gasteiger partial charge in [0.1, 0.15) is 11.6 Å². The topological polar surface area (TPSA) is 29.3 Å². The summed E-state index contributed by atoms with van der Waals surface area (Å²) >= 11 is 0. The maximum absolute atomic E-state index is 13.4. The molecule has 0 aliphatic rings. The fourth-order valence-corrected chi connectivity index (χ4v) is 2.03. The van der Waals surface area contributed by atoms with Crippen molar-refractivity contribution >= 4 is 17.1 Å². The first-order valence-corrected chi connectivity index (χ1v) is 6.11. The van der Waals surface area contributed by atoms with E-state index in [-0.39, 0.29) is 11.6 Å². The Morgan fingerprint density at radius 3 is 2.32 bits per heavy atom. The second-order valence-electron chi connectivity index (χ2n) is 4.38. The van der Waals surface area contributed by atoms with Crippen molar-refractivity contribution in [3.05, 3.63) is 53.6 Å². The second-order valence-corrected chi connectivity index (χ2v) is 4.38. The lowest BCUT2D eigenvalue weighted by Crippen LogP contribution is -2.18. The van der Waals surface area contributed by atoms with Gasteiger partial charge in [0.25, 0.3) is 0 Å². The first-order valence-electron chi connectivity index (χ1n) is 6.11. The Hall–Kier alpha value is -2.10. The normalized spacial score (nSPS) is 10.5. The summed E-state index contributed by atoms with van der Waals surface area (Å²) in [7, 11) is 0. The second kappa shape index (κ2) is 5.26. The molecule has 0 saturated heterocycles. The third-order valence-electron chi connectivity index (χ3n) is 3.05. The lowest BCUT2D eigenvalue weighted by atomic mass is 10.1. The molecule has 0 aliphatic carbocycles. The van der Waals surface area contributed by atoms with Crippen LogP contribution in [0.25, 0.3) is 0 Å². The van der Waals surface area contributed by atoms with Gasteiger partial charge in [-0.05, 0) is 55.8 Å². The molecule has 2 nitrogen and oxygen atoms in total. The van der Waals surface area contributed by atoms with Gasteiger partial charge in [-0.15, -0.1) is 0 Å². The average Bonchev–Trinajstić information content (AvgIpc) is 2.38. The number of halogens is 2. The molecule has 2 aromatic rings. The number of nitrogens with zero attached hydrogens (tertiary/aromatic N) is 1. The molecular weight excluding hydrogens is 246 g/mol. The zero-order valence-corrected chi connectivity index (χ0v) is 11.0. The highest BCUT2D eigenvalue weighted by Crippen LogP contribution is 2.32. The third-order valence-corrected chi connectivity index (χ3v) is 3.05. The van der Waals surface area contributed by atoms with Crippen molar-refractivity contribution < 1.29 is 8.78 Å². The Morgan fingerprint density at radius 1 is 1.11 bits per heavy atom. The first kappa shape index (κ1) is 13.3. The molecule has 0 atom stereocenters. The van der Waals surface area contributed by atoms with Gasteiger partial charge >= 0.3 is 0 Å². The highest BCUT2D eigenvalue weighted by Gasteiger charge is 2.13. The van der Waals surface area contributed by atoms with E-state index >= 15 is 0 Å². The molecule has 0 radical (unpaired) electrons. The van der Waals surface area contributed by atoms with Crippen molar-refractivity contribution in [3.8, 4) is 0 Å². The third kappa shape index (κ3) is 2.67. The van der Waals surface area contributed by atoms with Crippen LogP contribution >= 0.6 is 0 Å². The number of aryl methyl sites for hydroxylation is 1. The Bertz CT molecular complexity index is 579. The van der Waals surface area contributed by atoms with Crippen LogP contribution in [0.3, 0.4) is 0 Å². The lowest BCUT2D eigenvalue weighted by molar-refractivity contribution is 0.619. The van der Waals surface area contributed by atoms with Gasteiger partial charge in [0.15, 0.2) is 0 Å². The molecule has 0 heterocycles. The van der Waals surface area contributed by atoms with E-state index in [9.17, 15) is 8.78 Å². The Kier molecular flexibility index (Phi) is 3.69. The van der Waals surface area contributed by atoms with Gasteiger partial charge in [-0.3, -0.25) is 0 Å². The van der Waals surface area contributed by atoms with Gasteiger partial charge in [0.05, 0.1) is 11.4 Å². The van der Waals surface area contributed by atoms with Crippen molar-refractivity contribution in [3.63, 3.8) is 0 Å². The largest absolute Gasteiger partial charge is 0.397 e. The number of anilines is 3. The first-order chi connectivity index (χ1) is 9.02. The molecule has 0 bridgehead atoms.